The van der Waals surface area contributed by atoms with E-state index in [1.165, 1.54) is 26.2 Å². The lowest BCUT2D eigenvalue weighted by molar-refractivity contribution is -0.309. The van der Waals surface area contributed by atoms with Gasteiger partial charge in [-0.25, -0.2) is 0 Å². The second kappa shape index (κ2) is 14.6. The van der Waals surface area contributed by atoms with E-state index in [0.29, 0.717) is 11.3 Å². The number of rotatable bonds is 10. The quantitative estimate of drug-likeness (QED) is 0.197. The van der Waals surface area contributed by atoms with Gasteiger partial charge in [0.2, 0.25) is 6.29 Å². The molecule has 9 atom stereocenters. The second-order valence-corrected chi connectivity index (χ2v) is 12.1. The maximum atomic E-state index is 12.9. The molecule has 14 heteroatoms. The number of phenolic OH excluding ortho intramolecular Hbond substituents is 1. The van der Waals surface area contributed by atoms with Crippen molar-refractivity contribution in [1.29, 1.82) is 0 Å². The SMILES string of the molecule is COc1ccc(-c2cc(=O)c3c(O)cc(O[C@@H]4O[C@H](CO[C@@H]5O[C@@H](C)[C@H](O)[C@@H](OC(=O)CC(C)C)[C@H]5O)C[C@H](O)[C@H]4O)cc3o2)cc1. The van der Waals surface area contributed by atoms with Crippen molar-refractivity contribution in [2.45, 2.75) is 88.9 Å². The molecule has 0 aliphatic carbocycles. The molecule has 2 saturated heterocycles. The van der Waals surface area contributed by atoms with E-state index in [9.17, 15) is 35.1 Å². The molecule has 0 spiro atoms. The molecule has 0 unspecified atom stereocenters. The number of hydrogen-bond donors (Lipinski definition) is 5. The Bertz CT molecular complexity index is 1590. The number of aliphatic hydroxyl groups excluding tert-OH is 4. The summed E-state index contributed by atoms with van der Waals surface area (Å²) in [4.78, 5) is 25.1. The minimum absolute atomic E-state index is 0.00689. The number of esters is 1. The van der Waals surface area contributed by atoms with Crippen molar-refractivity contribution in [1.82, 2.24) is 0 Å². The van der Waals surface area contributed by atoms with E-state index in [1.54, 1.807) is 24.3 Å². The molecule has 5 rings (SSSR count). The fourth-order valence-corrected chi connectivity index (χ4v) is 5.47. The first-order chi connectivity index (χ1) is 22.3. The van der Waals surface area contributed by atoms with Crippen molar-refractivity contribution < 1.29 is 63.2 Å². The van der Waals surface area contributed by atoms with Crippen molar-refractivity contribution >= 4 is 16.9 Å². The zero-order chi connectivity index (χ0) is 34.0. The van der Waals surface area contributed by atoms with Crippen LogP contribution in [0.2, 0.25) is 0 Å². The molecule has 2 fully saturated rings. The summed E-state index contributed by atoms with van der Waals surface area (Å²) in [6.07, 6.45) is -11.4. The number of carbonyl (C=O) groups is 1. The summed E-state index contributed by atoms with van der Waals surface area (Å²) in [5.74, 6) is -0.182. The van der Waals surface area contributed by atoms with Gasteiger partial charge in [0.25, 0.3) is 0 Å². The molecule has 256 valence electrons. The van der Waals surface area contributed by atoms with Crippen molar-refractivity contribution in [3.05, 3.63) is 52.7 Å². The van der Waals surface area contributed by atoms with Crippen LogP contribution >= 0.6 is 0 Å². The molecule has 3 heterocycles. The molecule has 0 radical (unpaired) electrons. The minimum atomic E-state index is -1.53. The van der Waals surface area contributed by atoms with Gasteiger partial charge in [0.05, 0.1) is 32.0 Å². The summed E-state index contributed by atoms with van der Waals surface area (Å²) >= 11 is 0. The van der Waals surface area contributed by atoms with Crippen LogP contribution < -0.4 is 14.9 Å². The average Bonchev–Trinajstić information content (AvgIpc) is 3.02. The van der Waals surface area contributed by atoms with Crippen molar-refractivity contribution in [3.8, 4) is 28.6 Å². The van der Waals surface area contributed by atoms with Crippen LogP contribution in [0.5, 0.6) is 17.2 Å². The number of benzene rings is 2. The number of hydrogen-bond acceptors (Lipinski definition) is 14. The van der Waals surface area contributed by atoms with Crippen LogP contribution in [-0.2, 0) is 23.7 Å². The molecule has 1 aromatic heterocycles. The number of carbonyl (C=O) groups excluding carboxylic acids is 1. The van der Waals surface area contributed by atoms with Gasteiger partial charge in [0, 0.05) is 36.6 Å². The Morgan fingerprint density at radius 1 is 0.957 bits per heavy atom. The number of phenols is 1. The molecule has 0 saturated carbocycles. The first-order valence-electron chi connectivity index (χ1n) is 15.3. The molecule has 2 aliphatic rings. The first kappa shape index (κ1) is 34.6. The summed E-state index contributed by atoms with van der Waals surface area (Å²) in [5.41, 5.74) is 0.102. The Labute approximate surface area is 270 Å². The van der Waals surface area contributed by atoms with Gasteiger partial charge in [-0.2, -0.15) is 0 Å². The summed E-state index contributed by atoms with van der Waals surface area (Å²) < 4.78 is 39.5. The predicted molar refractivity (Wildman–Crippen MR) is 164 cm³/mol. The normalized spacial score (nSPS) is 29.5. The number of aliphatic hydroxyl groups is 4. The molecule has 0 bridgehead atoms. The van der Waals surface area contributed by atoms with Gasteiger partial charge in [-0.3, -0.25) is 9.59 Å². The van der Waals surface area contributed by atoms with Crippen LogP contribution in [0.3, 0.4) is 0 Å². The van der Waals surface area contributed by atoms with E-state index in [1.807, 2.05) is 13.8 Å². The van der Waals surface area contributed by atoms with Gasteiger partial charge >= 0.3 is 5.97 Å². The summed E-state index contributed by atoms with van der Waals surface area (Å²) in [6, 6.07) is 10.6. The second-order valence-electron chi connectivity index (χ2n) is 12.1. The lowest BCUT2D eigenvalue weighted by atomic mass is 9.99. The van der Waals surface area contributed by atoms with E-state index in [4.69, 9.17) is 32.8 Å². The topological polar surface area (TPSA) is 204 Å². The Balaban J connectivity index is 1.28. The van der Waals surface area contributed by atoms with Crippen LogP contribution in [0.4, 0.5) is 0 Å². The monoisotopic (exact) mass is 660 g/mol. The minimum Gasteiger partial charge on any atom is -0.507 e. The van der Waals surface area contributed by atoms with Crippen molar-refractivity contribution in [2.24, 2.45) is 5.92 Å². The fourth-order valence-electron chi connectivity index (χ4n) is 5.47. The maximum Gasteiger partial charge on any atom is 0.306 e. The van der Waals surface area contributed by atoms with Crippen LogP contribution in [0.15, 0.2) is 51.7 Å². The highest BCUT2D eigenvalue weighted by molar-refractivity contribution is 5.86. The third kappa shape index (κ3) is 7.87. The lowest BCUT2D eigenvalue weighted by Gasteiger charge is -2.42. The lowest BCUT2D eigenvalue weighted by Crippen LogP contribution is -2.59. The molecular formula is C33H40O14. The van der Waals surface area contributed by atoms with Gasteiger partial charge in [0.15, 0.2) is 17.8 Å². The van der Waals surface area contributed by atoms with E-state index in [-0.39, 0.29) is 47.8 Å². The smallest absolute Gasteiger partial charge is 0.306 e. The van der Waals surface area contributed by atoms with Crippen LogP contribution in [0.25, 0.3) is 22.3 Å². The average molecular weight is 661 g/mol. The predicted octanol–water partition coefficient (Wildman–Crippen LogP) is 1.83. The Morgan fingerprint density at radius 2 is 1.68 bits per heavy atom. The molecular weight excluding hydrogens is 620 g/mol. The summed E-state index contributed by atoms with van der Waals surface area (Å²) in [5, 5.41) is 53.1. The fraction of sp³-hybridized carbons (Fsp3) is 0.515. The molecule has 3 aromatic rings. The van der Waals surface area contributed by atoms with Gasteiger partial charge in [0.1, 0.15) is 52.3 Å². The molecule has 2 aliphatic heterocycles. The largest absolute Gasteiger partial charge is 0.507 e. The van der Waals surface area contributed by atoms with Gasteiger partial charge in [-0.05, 0) is 37.1 Å². The highest BCUT2D eigenvalue weighted by Gasteiger charge is 2.47. The van der Waals surface area contributed by atoms with Gasteiger partial charge < -0.3 is 58.4 Å². The molecule has 2 aromatic carbocycles. The maximum absolute atomic E-state index is 12.9. The number of fused-ring (bicyclic) bond motifs is 1. The van der Waals surface area contributed by atoms with Crippen LogP contribution in [0.1, 0.15) is 33.6 Å². The Morgan fingerprint density at radius 3 is 2.36 bits per heavy atom. The highest BCUT2D eigenvalue weighted by atomic mass is 16.7. The number of ether oxygens (including phenoxy) is 6. The van der Waals surface area contributed by atoms with E-state index < -0.39 is 72.5 Å². The Hall–Kier alpha value is -3.76. The molecule has 5 N–H and O–H groups in total. The van der Waals surface area contributed by atoms with Crippen molar-refractivity contribution in [2.75, 3.05) is 13.7 Å². The van der Waals surface area contributed by atoms with Crippen LogP contribution in [0, 0.1) is 5.92 Å². The van der Waals surface area contributed by atoms with Crippen molar-refractivity contribution in [3.63, 3.8) is 0 Å². The van der Waals surface area contributed by atoms with E-state index in [2.05, 4.69) is 0 Å². The highest BCUT2D eigenvalue weighted by Crippen LogP contribution is 2.34. The van der Waals surface area contributed by atoms with E-state index in [0.717, 1.165) is 6.07 Å². The summed E-state index contributed by atoms with van der Waals surface area (Å²) in [7, 11) is 1.53. The number of aromatic hydroxyl groups is 1. The number of methoxy groups -OCH3 is 1. The van der Waals surface area contributed by atoms with Gasteiger partial charge in [-0.1, -0.05) is 13.8 Å². The van der Waals surface area contributed by atoms with Gasteiger partial charge in [-0.15, -0.1) is 0 Å². The first-order valence-corrected chi connectivity index (χ1v) is 15.3. The third-order valence-corrected chi connectivity index (χ3v) is 7.98. The summed E-state index contributed by atoms with van der Waals surface area (Å²) in [6.45, 7) is 4.96. The standard InChI is InChI=1S/C33H40O14/c1-15(2)9-26(37)47-31-28(38)16(3)43-32(30(31)40)42-14-20-11-23(36)29(39)33(45-20)44-19-10-21(34)27-22(35)13-24(46-25(27)12-19)17-5-7-18(41-4)8-6-17/h5-8,10,12-13,15-16,20,23,28-34,36,38-40H,9,11,14H2,1-4H3/t16-,20-,23-,28-,29+,30+,31+,32+,33+/m0/s1. The zero-order valence-corrected chi connectivity index (χ0v) is 26.3. The molecule has 47 heavy (non-hydrogen) atoms. The zero-order valence-electron chi connectivity index (χ0n) is 26.3. The third-order valence-electron chi connectivity index (χ3n) is 7.98. The molecule has 14 nitrogen and oxygen atoms in total. The van der Waals surface area contributed by atoms with Crippen LogP contribution in [-0.4, -0.2) is 101 Å². The van der Waals surface area contributed by atoms with E-state index >= 15 is 0 Å². The molecule has 0 amide bonds. The Kier molecular flexibility index (Phi) is 10.7.